The van der Waals surface area contributed by atoms with Crippen molar-refractivity contribution in [2.45, 2.75) is 200 Å². The highest BCUT2D eigenvalue weighted by Crippen LogP contribution is 2.36. The molecule has 0 aliphatic carbocycles. The van der Waals surface area contributed by atoms with Crippen molar-refractivity contribution >= 4 is 70.1 Å². The van der Waals surface area contributed by atoms with Crippen LogP contribution in [0.2, 0.25) is 0 Å². The van der Waals surface area contributed by atoms with Crippen molar-refractivity contribution in [1.29, 1.82) is 0 Å². The Labute approximate surface area is 805 Å². The first-order valence-electron chi connectivity index (χ1n) is 44.9. The highest BCUT2D eigenvalue weighted by Gasteiger charge is 2.29. The highest BCUT2D eigenvalue weighted by molar-refractivity contribution is 6.05. The monoisotopic (exact) mass is 1920 g/mol. The molecule has 0 saturated carbocycles. The van der Waals surface area contributed by atoms with E-state index in [1.165, 1.54) is 56.7 Å². The van der Waals surface area contributed by atoms with E-state index in [1.54, 1.807) is 71.1 Å². The van der Waals surface area contributed by atoms with Crippen LogP contribution >= 0.6 is 0 Å². The highest BCUT2D eigenvalue weighted by atomic mass is 16.7. The maximum absolute atomic E-state index is 12.8. The van der Waals surface area contributed by atoms with Crippen LogP contribution < -0.4 is 0 Å². The number of aromatic hydroxyl groups is 10. The second-order valence-corrected chi connectivity index (χ2v) is 32.1. The SMILES string of the molecule is C=CCON=C1/C=C/CC/C=C/CC(C)OC(=O)c2c(O)cc(O)cc2C1.CC1C/C=C/CC/C=C/C(=NO)Cc2cc(O)cc(O)c2C(=O)O1.CC1C/C=C/CC/C=C/C(=NOCc2ccc([N+](=O)[O-])cc2)Cc2cc(O)cc(O)c2C(=O)O1.COC(=O)CON=C1/C=C/CC/C=C/CC(C)OC(=O)c2c(O)cc(O)cc2C1.CON=C1/C=C/CC/C=C/CC(C)OC(=O)c2c(O)cc(O)cc2C1. The summed E-state index contributed by atoms with van der Waals surface area (Å²) in [5.41, 5.74) is 4.67. The first-order chi connectivity index (χ1) is 66.8. The van der Waals surface area contributed by atoms with E-state index in [0.29, 0.717) is 94.0 Å². The number of phenolic OH excluding ortho intramolecular Hbond substituents is 10. The average molecular weight is 1920 g/mol. The minimum Gasteiger partial charge on any atom is -0.508 e. The summed E-state index contributed by atoms with van der Waals surface area (Å²) < 4.78 is 31.6. The van der Waals surface area contributed by atoms with Gasteiger partial charge in [0.05, 0.1) is 40.6 Å². The lowest BCUT2D eigenvalue weighted by molar-refractivity contribution is -0.384. The van der Waals surface area contributed by atoms with Crippen molar-refractivity contribution in [3.8, 4) is 57.5 Å². The number of allylic oxidation sites excluding steroid dienone is 15. The number of carbonyl (C=O) groups excluding carboxylic acids is 6. The number of cyclic esters (lactones) is 5. The molecule has 35 nitrogen and oxygen atoms in total. The van der Waals surface area contributed by atoms with Gasteiger partial charge in [0.25, 0.3) is 5.69 Å². The zero-order valence-electron chi connectivity index (χ0n) is 78.5. The number of phenols is 10. The van der Waals surface area contributed by atoms with Crippen LogP contribution in [-0.2, 0) is 91.3 Å². The summed E-state index contributed by atoms with van der Waals surface area (Å²) in [6.07, 6.45) is 49.6. The Morgan fingerprint density at radius 2 is 0.640 bits per heavy atom. The zero-order chi connectivity index (χ0) is 101. The van der Waals surface area contributed by atoms with Gasteiger partial charge in [-0.15, -0.1) is 0 Å². The zero-order valence-corrected chi connectivity index (χ0v) is 78.5. The van der Waals surface area contributed by atoms with Crippen LogP contribution in [0.4, 0.5) is 5.69 Å². The van der Waals surface area contributed by atoms with Gasteiger partial charge in [-0.25, -0.2) is 28.8 Å². The van der Waals surface area contributed by atoms with Crippen LogP contribution in [0.5, 0.6) is 57.5 Å². The molecule has 5 atom stereocenters. The Kier molecular flexibility index (Phi) is 46.7. The van der Waals surface area contributed by atoms with Gasteiger partial charge in [0.1, 0.15) is 136 Å². The smallest absolute Gasteiger partial charge is 0.346 e. The number of nitro groups is 1. The Bertz CT molecular complexity index is 5690. The van der Waals surface area contributed by atoms with E-state index in [1.807, 2.05) is 103 Å². The van der Waals surface area contributed by atoms with Gasteiger partial charge in [0.15, 0.2) is 0 Å². The second kappa shape index (κ2) is 59.0. The van der Waals surface area contributed by atoms with Crippen LogP contribution in [0, 0.1) is 10.1 Å². The van der Waals surface area contributed by atoms with Crippen LogP contribution in [-0.4, -0.2) is 184 Å². The van der Waals surface area contributed by atoms with Crippen molar-refractivity contribution in [2.24, 2.45) is 25.8 Å². The largest absolute Gasteiger partial charge is 0.508 e. The molecule has 0 bridgehead atoms. The van der Waals surface area contributed by atoms with Crippen LogP contribution in [0.15, 0.2) is 245 Å². The van der Waals surface area contributed by atoms with Crippen molar-refractivity contribution < 1.29 is 138 Å². The summed E-state index contributed by atoms with van der Waals surface area (Å²) in [5, 5.41) is 140. The molecule has 5 aliphatic rings. The van der Waals surface area contributed by atoms with Gasteiger partial charge in [0.2, 0.25) is 6.61 Å². The quantitative estimate of drug-likeness (QED) is 0.0109. The summed E-state index contributed by atoms with van der Waals surface area (Å²) >= 11 is 0. The Balaban J connectivity index is 0.000000238. The predicted octanol–water partition coefficient (Wildman–Crippen LogP) is 18.8. The Morgan fingerprint density at radius 1 is 0.381 bits per heavy atom. The molecular weight excluding hydrogens is 1800 g/mol. The van der Waals surface area contributed by atoms with E-state index in [4.69, 9.17) is 48.2 Å². The third kappa shape index (κ3) is 39.1. The van der Waals surface area contributed by atoms with E-state index in [2.05, 4.69) is 37.1 Å². The molecule has 6 aromatic rings. The van der Waals surface area contributed by atoms with Gasteiger partial charge in [0, 0.05) is 107 Å². The summed E-state index contributed by atoms with van der Waals surface area (Å²) in [5.74, 6) is -6.60. The van der Waals surface area contributed by atoms with Gasteiger partial charge in [-0.3, -0.25) is 10.1 Å². The molecule has 0 spiro atoms. The number of hydrogen-bond donors (Lipinski definition) is 11. The summed E-state index contributed by atoms with van der Waals surface area (Å²) in [6.45, 7) is 12.4. The number of rotatable bonds is 11. The molecule has 0 amide bonds. The number of hydrogen-bond acceptors (Lipinski definition) is 34. The predicted molar refractivity (Wildman–Crippen MR) is 520 cm³/mol. The topological polar surface area (TPSA) is 522 Å². The number of carbonyl (C=O) groups is 6. The molecule has 0 radical (unpaired) electrons. The molecule has 0 aromatic heterocycles. The molecule has 11 rings (SSSR count). The maximum atomic E-state index is 12.8. The third-order valence-electron chi connectivity index (χ3n) is 20.4. The van der Waals surface area contributed by atoms with E-state index < -0.39 is 46.5 Å². The van der Waals surface area contributed by atoms with Gasteiger partial charge in [-0.2, -0.15) is 0 Å². The fourth-order valence-electron chi connectivity index (χ4n) is 13.8. The van der Waals surface area contributed by atoms with Crippen LogP contribution in [0.25, 0.3) is 0 Å². The fourth-order valence-corrected chi connectivity index (χ4v) is 13.8. The Hall–Kier alpha value is -16.0. The molecule has 5 aliphatic heterocycles. The molecule has 11 N–H and O–H groups in total. The molecule has 0 saturated heterocycles. The molecule has 0 fully saturated rings. The molecule has 35 heteroatoms. The van der Waals surface area contributed by atoms with Crippen molar-refractivity contribution in [2.75, 3.05) is 27.4 Å². The standard InChI is InChI=1S/C25H26N2O7.C21H25NO7.C21H25NO5.C19H23NO5.C18H21NO5/c1-17-7-5-3-2-4-6-8-20(26-33-16-18-9-11-21(12-10-18)27(31)32)13-19-14-22(28)15-23(29)24(19)25(30)34-17;1-14-8-6-4-3-5-7-9-16(22-28-13-19(25)27-2)10-15-11-17(23)12-18(24)20(15)21(26)29-14;1-3-11-26-22-17-10-8-6-4-5-7-9-15(2)27-21(25)20-16(12-17)13-18(23)14-19(20)24;1-13-8-6-4-3-5-7-9-15(20-24-2)10-14-11-16(21)12-17(22)18(14)19(23)25-13;1-12-7-5-3-2-4-6-8-14(19-23)9-13-10-15(20)11-16(21)17(13)18(22)24-12/h3,5-6,8-12,14-15,17,28-29H,2,4,7,13,16H2,1H3;4,6-7,9,11-12,14,23-24H,3,5,8,10,13H2,1-2H3;3,5,7-8,10,13-15,23-24H,1,4,6,9,11-12H2,2H3;4,6-7,9,11-13,21-22H,3,5,8,10H2,1-2H3;3,5-6,8,10-12,20-21,23H,2,4,7,9H2,1H3/b5-3+,8-6+,26-20?;6-4+,9-7+,22-16?;7-5+,10-8+,22-17?;6-4+,9-7+,20-15?;5-3+,8-6+,19-14?. The number of oxime groups is 5. The first kappa shape index (κ1) is 110. The number of ether oxygens (including phenoxy) is 6. The number of methoxy groups -OCH3 is 1. The molecule has 6 aromatic carbocycles. The number of esters is 6. The third-order valence-corrected chi connectivity index (χ3v) is 20.4. The molecular formula is C104H120N6O29. The first-order valence-corrected chi connectivity index (χ1v) is 44.9. The van der Waals surface area contributed by atoms with Gasteiger partial charge < -0.3 is 104 Å². The second-order valence-electron chi connectivity index (χ2n) is 32.1. The molecule has 740 valence electrons. The summed E-state index contributed by atoms with van der Waals surface area (Å²) in [6, 6.07) is 18.4. The van der Waals surface area contributed by atoms with E-state index >= 15 is 0 Å². The van der Waals surface area contributed by atoms with Crippen LogP contribution in [0.1, 0.15) is 216 Å². The summed E-state index contributed by atoms with van der Waals surface area (Å²) in [7, 11) is 2.67. The number of fused-ring (bicyclic) bond motifs is 5. The number of nitrogens with zero attached hydrogens (tertiary/aromatic N) is 6. The van der Waals surface area contributed by atoms with Gasteiger partial charge >= 0.3 is 35.8 Å². The number of nitro benzene ring substituents is 1. The lowest BCUT2D eigenvalue weighted by Crippen LogP contribution is -2.17. The van der Waals surface area contributed by atoms with Crippen LogP contribution in [0.3, 0.4) is 0 Å². The minimum atomic E-state index is -0.700. The summed E-state index contributed by atoms with van der Waals surface area (Å²) in [4.78, 5) is 105. The fraction of sp³-hybridized carbons (Fsp3) is 0.337. The lowest BCUT2D eigenvalue weighted by atomic mass is 9.99. The molecule has 5 heterocycles. The van der Waals surface area contributed by atoms with E-state index in [0.717, 1.165) is 94.5 Å². The van der Waals surface area contributed by atoms with Crippen molar-refractivity contribution in [1.82, 2.24) is 0 Å². The van der Waals surface area contributed by atoms with Crippen molar-refractivity contribution in [3.63, 3.8) is 0 Å². The number of benzene rings is 6. The number of non-ortho nitro benzene ring substituents is 1. The maximum Gasteiger partial charge on any atom is 0.346 e. The Morgan fingerprint density at radius 3 is 0.906 bits per heavy atom. The lowest BCUT2D eigenvalue weighted by Gasteiger charge is -2.16. The normalized spacial score (nSPS) is 21.9. The van der Waals surface area contributed by atoms with E-state index in [9.17, 15) is 89.9 Å². The molecule has 5 unspecified atom stereocenters. The minimum absolute atomic E-state index is 0.0180. The van der Waals surface area contributed by atoms with Gasteiger partial charge in [-0.05, 0) is 205 Å². The molecule has 139 heavy (non-hydrogen) atoms. The van der Waals surface area contributed by atoms with E-state index in [-0.39, 0.29) is 168 Å². The van der Waals surface area contributed by atoms with Crippen molar-refractivity contribution in [3.05, 3.63) is 290 Å². The van der Waals surface area contributed by atoms with Gasteiger partial charge in [-0.1, -0.05) is 130 Å². The average Bonchev–Trinajstić information content (AvgIpc) is 0.831.